The number of hydrogen-bond donors (Lipinski definition) is 1. The number of aryl methyl sites for hydroxylation is 3. The number of ether oxygens (including phenoxy) is 1. The largest absolute Gasteiger partial charge is 0.484 e. The predicted octanol–water partition coefficient (Wildman–Crippen LogP) is 4.71. The van der Waals surface area contributed by atoms with Crippen LogP contribution in [0.15, 0.2) is 42.5 Å². The molecule has 2 amide bonds. The Morgan fingerprint density at radius 2 is 1.65 bits per heavy atom. The second kappa shape index (κ2) is 10.5. The quantitative estimate of drug-likeness (QED) is 0.667. The SMILES string of the molecule is CC[C@H](C(=O)NC(C)(C)C)N(Cc1ccc(C)cc1)C(=O)COc1ccc(C)c(C)c1. The van der Waals surface area contributed by atoms with Crippen molar-refractivity contribution in [1.82, 2.24) is 10.2 Å². The van der Waals surface area contributed by atoms with E-state index in [0.29, 0.717) is 18.7 Å². The Balaban J connectivity index is 2.23. The van der Waals surface area contributed by atoms with Crippen LogP contribution in [0.3, 0.4) is 0 Å². The topological polar surface area (TPSA) is 58.6 Å². The number of carbonyl (C=O) groups is 2. The fourth-order valence-corrected chi connectivity index (χ4v) is 3.29. The Kier molecular flexibility index (Phi) is 8.26. The van der Waals surface area contributed by atoms with Gasteiger partial charge in [-0.15, -0.1) is 0 Å². The van der Waals surface area contributed by atoms with Crippen LogP contribution < -0.4 is 10.1 Å². The van der Waals surface area contributed by atoms with Crippen LogP contribution in [0.25, 0.3) is 0 Å². The van der Waals surface area contributed by atoms with E-state index in [4.69, 9.17) is 4.74 Å². The molecule has 2 aromatic rings. The highest BCUT2D eigenvalue weighted by Gasteiger charge is 2.30. The van der Waals surface area contributed by atoms with Crippen molar-refractivity contribution >= 4 is 11.8 Å². The van der Waals surface area contributed by atoms with Gasteiger partial charge in [-0.1, -0.05) is 42.8 Å². The normalized spacial score (nSPS) is 12.2. The van der Waals surface area contributed by atoms with E-state index in [9.17, 15) is 9.59 Å². The summed E-state index contributed by atoms with van der Waals surface area (Å²) >= 11 is 0. The summed E-state index contributed by atoms with van der Waals surface area (Å²) in [6.45, 7) is 14.0. The van der Waals surface area contributed by atoms with Crippen molar-refractivity contribution in [1.29, 1.82) is 0 Å². The Morgan fingerprint density at radius 3 is 2.19 bits per heavy atom. The number of benzene rings is 2. The highest BCUT2D eigenvalue weighted by atomic mass is 16.5. The van der Waals surface area contributed by atoms with Crippen molar-refractivity contribution in [3.05, 3.63) is 64.7 Å². The van der Waals surface area contributed by atoms with Crippen LogP contribution >= 0.6 is 0 Å². The van der Waals surface area contributed by atoms with Gasteiger partial charge < -0.3 is 15.0 Å². The maximum atomic E-state index is 13.2. The van der Waals surface area contributed by atoms with Crippen LogP contribution in [0, 0.1) is 20.8 Å². The molecular formula is C26H36N2O3. The lowest BCUT2D eigenvalue weighted by Crippen LogP contribution is -2.54. The molecule has 2 rings (SSSR count). The first-order valence-corrected chi connectivity index (χ1v) is 10.9. The van der Waals surface area contributed by atoms with Gasteiger partial charge in [-0.3, -0.25) is 9.59 Å². The van der Waals surface area contributed by atoms with Gasteiger partial charge in [0.25, 0.3) is 5.91 Å². The van der Waals surface area contributed by atoms with E-state index in [0.717, 1.165) is 16.7 Å². The molecule has 0 aliphatic heterocycles. The van der Waals surface area contributed by atoms with E-state index < -0.39 is 6.04 Å². The molecule has 0 bridgehead atoms. The van der Waals surface area contributed by atoms with Gasteiger partial charge in [0.15, 0.2) is 6.61 Å². The maximum absolute atomic E-state index is 13.2. The molecule has 0 saturated carbocycles. The summed E-state index contributed by atoms with van der Waals surface area (Å²) in [4.78, 5) is 27.9. The number of carbonyl (C=O) groups excluding carboxylic acids is 2. The van der Waals surface area contributed by atoms with Gasteiger partial charge in [0, 0.05) is 12.1 Å². The molecular weight excluding hydrogens is 388 g/mol. The molecule has 2 aromatic carbocycles. The summed E-state index contributed by atoms with van der Waals surface area (Å²) < 4.78 is 5.79. The molecule has 0 aromatic heterocycles. The first-order valence-electron chi connectivity index (χ1n) is 10.9. The molecule has 0 aliphatic carbocycles. The molecule has 0 saturated heterocycles. The average molecular weight is 425 g/mol. The Morgan fingerprint density at radius 1 is 1.00 bits per heavy atom. The summed E-state index contributed by atoms with van der Waals surface area (Å²) in [6.07, 6.45) is 0.517. The smallest absolute Gasteiger partial charge is 0.261 e. The van der Waals surface area contributed by atoms with Crippen molar-refractivity contribution in [2.45, 2.75) is 73.0 Å². The molecule has 5 heteroatoms. The lowest BCUT2D eigenvalue weighted by atomic mass is 10.1. The zero-order chi connectivity index (χ0) is 23.2. The fourth-order valence-electron chi connectivity index (χ4n) is 3.29. The van der Waals surface area contributed by atoms with Gasteiger partial charge in [-0.25, -0.2) is 0 Å². The third-order valence-electron chi connectivity index (χ3n) is 5.20. The molecule has 1 N–H and O–H groups in total. The zero-order valence-corrected chi connectivity index (χ0v) is 19.9. The van der Waals surface area contributed by atoms with E-state index in [1.165, 1.54) is 5.56 Å². The molecule has 1 atom stereocenters. The molecule has 0 aliphatic rings. The van der Waals surface area contributed by atoms with Gasteiger partial charge in [-0.2, -0.15) is 0 Å². The minimum absolute atomic E-state index is 0.117. The molecule has 168 valence electrons. The minimum Gasteiger partial charge on any atom is -0.484 e. The van der Waals surface area contributed by atoms with Crippen LogP contribution in [0.2, 0.25) is 0 Å². The average Bonchev–Trinajstić information content (AvgIpc) is 2.68. The Labute approximate surface area is 186 Å². The van der Waals surface area contributed by atoms with Crippen LogP contribution in [0.1, 0.15) is 56.4 Å². The van der Waals surface area contributed by atoms with Gasteiger partial charge >= 0.3 is 0 Å². The highest BCUT2D eigenvalue weighted by molar-refractivity contribution is 5.88. The van der Waals surface area contributed by atoms with Gasteiger partial charge in [0.1, 0.15) is 11.8 Å². The van der Waals surface area contributed by atoms with E-state index >= 15 is 0 Å². The third kappa shape index (κ3) is 7.42. The third-order valence-corrected chi connectivity index (χ3v) is 5.20. The minimum atomic E-state index is -0.573. The number of amides is 2. The molecule has 0 unspecified atom stereocenters. The monoisotopic (exact) mass is 424 g/mol. The summed E-state index contributed by atoms with van der Waals surface area (Å²) in [5.41, 5.74) is 4.03. The number of hydrogen-bond acceptors (Lipinski definition) is 3. The van der Waals surface area contributed by atoms with Crippen molar-refractivity contribution in [2.24, 2.45) is 0 Å². The molecule has 5 nitrogen and oxygen atoms in total. The van der Waals surface area contributed by atoms with E-state index in [1.54, 1.807) is 4.90 Å². The highest BCUT2D eigenvalue weighted by Crippen LogP contribution is 2.18. The summed E-state index contributed by atoms with van der Waals surface area (Å²) in [5, 5.41) is 3.01. The summed E-state index contributed by atoms with van der Waals surface area (Å²) in [7, 11) is 0. The predicted molar refractivity (Wildman–Crippen MR) is 125 cm³/mol. The van der Waals surface area contributed by atoms with Crippen molar-refractivity contribution in [2.75, 3.05) is 6.61 Å². The molecule has 31 heavy (non-hydrogen) atoms. The lowest BCUT2D eigenvalue weighted by molar-refractivity contribution is -0.143. The van der Waals surface area contributed by atoms with E-state index in [-0.39, 0.29) is 24.0 Å². The van der Waals surface area contributed by atoms with Crippen LogP contribution in [0.5, 0.6) is 5.75 Å². The van der Waals surface area contributed by atoms with Crippen molar-refractivity contribution < 1.29 is 14.3 Å². The second-order valence-electron chi connectivity index (χ2n) is 9.21. The number of rotatable bonds is 8. The fraction of sp³-hybridized carbons (Fsp3) is 0.462. The van der Waals surface area contributed by atoms with E-state index in [1.807, 2.05) is 90.9 Å². The first-order chi connectivity index (χ1) is 14.5. The van der Waals surface area contributed by atoms with E-state index in [2.05, 4.69) is 5.32 Å². The van der Waals surface area contributed by atoms with Gasteiger partial charge in [0.05, 0.1) is 0 Å². The lowest BCUT2D eigenvalue weighted by Gasteiger charge is -2.33. The van der Waals surface area contributed by atoms with Gasteiger partial charge in [-0.05, 0) is 76.8 Å². The maximum Gasteiger partial charge on any atom is 0.261 e. The van der Waals surface area contributed by atoms with Crippen molar-refractivity contribution in [3.63, 3.8) is 0 Å². The number of nitrogens with zero attached hydrogens (tertiary/aromatic N) is 1. The Hall–Kier alpha value is -2.82. The van der Waals surface area contributed by atoms with Crippen LogP contribution in [-0.4, -0.2) is 34.9 Å². The molecule has 0 radical (unpaired) electrons. The van der Waals surface area contributed by atoms with Crippen LogP contribution in [-0.2, 0) is 16.1 Å². The number of nitrogens with one attached hydrogen (secondary N) is 1. The first kappa shape index (κ1) is 24.4. The standard InChI is InChI=1S/C26H36N2O3/c1-8-23(25(30)27-26(5,6)7)28(16-21-12-9-18(2)10-13-21)24(29)17-31-22-14-11-19(3)20(4)15-22/h9-15,23H,8,16-17H2,1-7H3,(H,27,30)/t23-/m1/s1. The summed E-state index contributed by atoms with van der Waals surface area (Å²) in [5.74, 6) is 0.287. The van der Waals surface area contributed by atoms with Gasteiger partial charge in [0.2, 0.25) is 5.91 Å². The van der Waals surface area contributed by atoms with Crippen LogP contribution in [0.4, 0.5) is 0 Å². The second-order valence-corrected chi connectivity index (χ2v) is 9.21. The zero-order valence-electron chi connectivity index (χ0n) is 19.9. The summed E-state index contributed by atoms with van der Waals surface area (Å²) in [6, 6.07) is 13.2. The molecule has 0 fully saturated rings. The van der Waals surface area contributed by atoms with Crippen molar-refractivity contribution in [3.8, 4) is 5.75 Å². The molecule has 0 spiro atoms. The Bertz CT molecular complexity index is 898. The molecule has 0 heterocycles.